The smallest absolute Gasteiger partial charge is 0.355 e. The third-order valence-corrected chi connectivity index (χ3v) is 3.83. The Morgan fingerprint density at radius 1 is 1.12 bits per heavy atom. The van der Waals surface area contributed by atoms with E-state index in [0.717, 1.165) is 5.70 Å². The molecule has 0 aromatic rings. The maximum atomic E-state index is 12.3. The zero-order valence-corrected chi connectivity index (χ0v) is 12.7. The molecule has 6 heteroatoms. The van der Waals surface area contributed by atoms with Gasteiger partial charge in [0.05, 0.1) is 13.2 Å². The first-order valence-corrected chi connectivity index (χ1v) is 7.38. The molecule has 0 saturated carbocycles. The molecule has 0 radical (unpaired) electrons. The molecule has 0 rings (SSSR count). The minimum absolute atomic E-state index is 0.371. The van der Waals surface area contributed by atoms with Gasteiger partial charge in [-0.15, -0.1) is 0 Å². The second-order valence-corrected chi connectivity index (χ2v) is 5.98. The molecular formula is C11H25N2O3P. The van der Waals surface area contributed by atoms with E-state index in [2.05, 4.69) is 0 Å². The summed E-state index contributed by atoms with van der Waals surface area (Å²) in [5.41, 5.74) is 0.917. The Morgan fingerprint density at radius 2 is 1.59 bits per heavy atom. The Hall–Kier alpha value is -0.350. The van der Waals surface area contributed by atoms with Crippen LogP contribution in [0.4, 0.5) is 0 Å². The van der Waals surface area contributed by atoms with Crippen LogP contribution in [0.25, 0.3) is 0 Å². The molecule has 0 aliphatic rings. The van der Waals surface area contributed by atoms with Crippen LogP contribution in [0.5, 0.6) is 0 Å². The van der Waals surface area contributed by atoms with Gasteiger partial charge in [-0.1, -0.05) is 0 Å². The van der Waals surface area contributed by atoms with Crippen LogP contribution in [-0.4, -0.2) is 57.7 Å². The van der Waals surface area contributed by atoms with Gasteiger partial charge in [0.25, 0.3) is 0 Å². The van der Waals surface area contributed by atoms with Crippen molar-refractivity contribution >= 4 is 7.60 Å². The molecule has 5 nitrogen and oxygen atoms in total. The van der Waals surface area contributed by atoms with Crippen LogP contribution in [0, 0.1) is 0 Å². The highest BCUT2D eigenvalue weighted by atomic mass is 31.2. The summed E-state index contributed by atoms with van der Waals surface area (Å²) >= 11 is 0. The van der Waals surface area contributed by atoms with Crippen molar-refractivity contribution in [1.82, 2.24) is 9.80 Å². The minimum atomic E-state index is -3.12. The largest absolute Gasteiger partial charge is 0.380 e. The molecule has 0 heterocycles. The number of likely N-dealkylation sites (N-methyl/N-ethyl adjacent to an activating group) is 2. The van der Waals surface area contributed by atoms with Crippen molar-refractivity contribution in [2.75, 3.05) is 47.9 Å². The standard InChI is InChI=1S/C11H25N2O3P/c1-7-15-17(14,16-8-2)10-11(13(5)6)9-12(3)4/h10H,7-9H2,1-6H3. The summed E-state index contributed by atoms with van der Waals surface area (Å²) in [6.07, 6.45) is 0. The number of nitrogens with zero attached hydrogens (tertiary/aromatic N) is 2. The van der Waals surface area contributed by atoms with Gasteiger partial charge in [-0.05, 0) is 27.9 Å². The van der Waals surface area contributed by atoms with Crippen molar-refractivity contribution in [3.63, 3.8) is 0 Å². The molecular weight excluding hydrogens is 239 g/mol. The second-order valence-electron chi connectivity index (χ2n) is 4.13. The normalized spacial score (nSPS) is 13.2. The topological polar surface area (TPSA) is 42.0 Å². The monoisotopic (exact) mass is 264 g/mol. The van der Waals surface area contributed by atoms with E-state index >= 15 is 0 Å². The van der Waals surface area contributed by atoms with Gasteiger partial charge in [-0.2, -0.15) is 0 Å². The van der Waals surface area contributed by atoms with E-state index in [-0.39, 0.29) is 0 Å². The van der Waals surface area contributed by atoms with Crippen LogP contribution < -0.4 is 0 Å². The summed E-state index contributed by atoms with van der Waals surface area (Å²) < 4.78 is 22.8. The maximum Gasteiger partial charge on any atom is 0.355 e. The van der Waals surface area contributed by atoms with Crippen LogP contribution in [-0.2, 0) is 13.6 Å². The molecule has 0 aliphatic carbocycles. The van der Waals surface area contributed by atoms with Crippen LogP contribution in [0.3, 0.4) is 0 Å². The zero-order chi connectivity index (χ0) is 13.5. The SMILES string of the molecule is CCOP(=O)(C=C(CN(C)C)N(C)C)OCC. The molecule has 0 saturated heterocycles. The van der Waals surface area contributed by atoms with E-state index in [1.165, 1.54) is 0 Å². The zero-order valence-electron chi connectivity index (χ0n) is 11.8. The van der Waals surface area contributed by atoms with Crippen LogP contribution >= 0.6 is 7.60 Å². The van der Waals surface area contributed by atoms with Crippen molar-refractivity contribution in [3.05, 3.63) is 11.5 Å². The summed E-state index contributed by atoms with van der Waals surface area (Å²) in [4.78, 5) is 3.93. The van der Waals surface area contributed by atoms with Gasteiger partial charge in [0.15, 0.2) is 0 Å². The third kappa shape index (κ3) is 6.84. The summed E-state index contributed by atoms with van der Waals surface area (Å²) in [5, 5.41) is 0. The number of hydrogen-bond donors (Lipinski definition) is 0. The molecule has 0 unspecified atom stereocenters. The van der Waals surface area contributed by atoms with Crippen LogP contribution in [0.15, 0.2) is 11.5 Å². The van der Waals surface area contributed by atoms with Gasteiger partial charge in [0.1, 0.15) is 0 Å². The maximum absolute atomic E-state index is 12.3. The summed E-state index contributed by atoms with van der Waals surface area (Å²) in [7, 11) is 4.64. The van der Waals surface area contributed by atoms with E-state index in [0.29, 0.717) is 19.8 Å². The Kier molecular flexibility index (Phi) is 7.71. The molecule has 0 aromatic heterocycles. The molecule has 0 spiro atoms. The fourth-order valence-corrected chi connectivity index (χ4v) is 2.90. The highest BCUT2D eigenvalue weighted by Gasteiger charge is 2.22. The lowest BCUT2D eigenvalue weighted by Crippen LogP contribution is -2.24. The summed E-state index contributed by atoms with van der Waals surface area (Å²) in [6.45, 7) is 5.05. The molecule has 0 aliphatic heterocycles. The lowest BCUT2D eigenvalue weighted by Gasteiger charge is -2.23. The quantitative estimate of drug-likeness (QED) is 0.629. The second kappa shape index (κ2) is 7.88. The Bertz CT molecular complexity index is 280. The highest BCUT2D eigenvalue weighted by Crippen LogP contribution is 2.50. The fraction of sp³-hybridized carbons (Fsp3) is 0.818. The lowest BCUT2D eigenvalue weighted by molar-refractivity contribution is 0.228. The third-order valence-electron chi connectivity index (χ3n) is 1.98. The number of hydrogen-bond acceptors (Lipinski definition) is 5. The van der Waals surface area contributed by atoms with Crippen LogP contribution in [0.2, 0.25) is 0 Å². The van der Waals surface area contributed by atoms with E-state index in [1.54, 1.807) is 19.7 Å². The summed E-state index contributed by atoms with van der Waals surface area (Å²) in [6, 6.07) is 0. The fourth-order valence-electron chi connectivity index (χ4n) is 1.28. The van der Waals surface area contributed by atoms with E-state index in [4.69, 9.17) is 9.05 Å². The van der Waals surface area contributed by atoms with Crippen molar-refractivity contribution in [2.24, 2.45) is 0 Å². The average molecular weight is 264 g/mol. The van der Waals surface area contributed by atoms with Gasteiger partial charge < -0.3 is 18.8 Å². The van der Waals surface area contributed by atoms with E-state index in [9.17, 15) is 4.57 Å². The average Bonchev–Trinajstić information content (AvgIpc) is 2.16. The first-order chi connectivity index (χ1) is 7.84. The van der Waals surface area contributed by atoms with Crippen molar-refractivity contribution in [3.8, 4) is 0 Å². The lowest BCUT2D eigenvalue weighted by atomic mass is 10.4. The van der Waals surface area contributed by atoms with Gasteiger partial charge in [-0.3, -0.25) is 4.57 Å². The molecule has 17 heavy (non-hydrogen) atoms. The van der Waals surface area contributed by atoms with E-state index < -0.39 is 7.60 Å². The van der Waals surface area contributed by atoms with Crippen molar-refractivity contribution in [2.45, 2.75) is 13.8 Å². The summed E-state index contributed by atoms with van der Waals surface area (Å²) in [5.74, 6) is 1.61. The molecule has 0 N–H and O–H groups in total. The molecule has 102 valence electrons. The van der Waals surface area contributed by atoms with Gasteiger partial charge in [0.2, 0.25) is 0 Å². The number of rotatable bonds is 8. The molecule has 0 amide bonds. The van der Waals surface area contributed by atoms with Crippen LogP contribution in [0.1, 0.15) is 13.8 Å². The molecule has 0 fully saturated rings. The predicted octanol–water partition coefficient (Wildman–Crippen LogP) is 2.22. The minimum Gasteiger partial charge on any atom is -0.380 e. The van der Waals surface area contributed by atoms with Gasteiger partial charge >= 0.3 is 7.60 Å². The Labute approximate surface area is 105 Å². The first kappa shape index (κ1) is 16.6. The van der Waals surface area contributed by atoms with Crippen molar-refractivity contribution in [1.29, 1.82) is 0 Å². The molecule has 0 bridgehead atoms. The Morgan fingerprint density at radius 3 is 1.88 bits per heavy atom. The molecule has 0 aromatic carbocycles. The van der Waals surface area contributed by atoms with E-state index in [1.807, 2.05) is 38.0 Å². The molecule has 0 atom stereocenters. The van der Waals surface area contributed by atoms with Crippen molar-refractivity contribution < 1.29 is 13.6 Å². The predicted molar refractivity (Wildman–Crippen MR) is 71.2 cm³/mol. The Balaban J connectivity index is 5.01. The van der Waals surface area contributed by atoms with Gasteiger partial charge in [0, 0.05) is 32.2 Å². The highest BCUT2D eigenvalue weighted by molar-refractivity contribution is 7.57. The first-order valence-electron chi connectivity index (χ1n) is 5.77. The van der Waals surface area contributed by atoms with Gasteiger partial charge in [-0.25, -0.2) is 0 Å².